The molecule has 0 spiro atoms. The van der Waals surface area contributed by atoms with Crippen LogP contribution in [0, 0.1) is 0 Å². The molecule has 0 radical (unpaired) electrons. The molecule has 0 saturated carbocycles. The lowest BCUT2D eigenvalue weighted by molar-refractivity contribution is 0.0614. The fourth-order valence-corrected chi connectivity index (χ4v) is 5.39. The van der Waals surface area contributed by atoms with Crippen molar-refractivity contribution in [2.75, 3.05) is 0 Å². The number of hydrogen-bond acceptors (Lipinski definition) is 5. The lowest BCUT2D eigenvalue weighted by Gasteiger charge is -2.36. The largest absolute Gasteiger partial charge is 0.478 e. The maximum absolute atomic E-state index is 14.3. The van der Waals surface area contributed by atoms with E-state index in [9.17, 15) is 29.4 Å². The van der Waals surface area contributed by atoms with Crippen LogP contribution in [0.2, 0.25) is 0 Å². The minimum Gasteiger partial charge on any atom is -0.478 e. The van der Waals surface area contributed by atoms with Gasteiger partial charge in [0.1, 0.15) is 11.5 Å². The van der Waals surface area contributed by atoms with E-state index in [2.05, 4.69) is 0 Å². The van der Waals surface area contributed by atoms with Crippen LogP contribution in [0.5, 0.6) is 11.5 Å². The van der Waals surface area contributed by atoms with E-state index in [-0.39, 0.29) is 12.1 Å². The first-order chi connectivity index (χ1) is 20.2. The van der Waals surface area contributed by atoms with Crippen LogP contribution in [0.15, 0.2) is 91.0 Å². The molecule has 212 valence electrons. The molecule has 1 aliphatic rings. The number of carbonyl (C=O) groups excluding carboxylic acids is 2. The van der Waals surface area contributed by atoms with Gasteiger partial charge in [-0.1, -0.05) is 54.6 Å². The summed E-state index contributed by atoms with van der Waals surface area (Å²) >= 11 is 0. The predicted octanol–water partition coefficient (Wildman–Crippen LogP) is 5.69. The second-order valence-electron chi connectivity index (χ2n) is 10.0. The number of carboxylic acids is 2. The number of hydrogen-bond donors (Lipinski definition) is 3. The van der Waals surface area contributed by atoms with E-state index in [4.69, 9.17) is 10.5 Å². The van der Waals surface area contributed by atoms with E-state index in [1.54, 1.807) is 23.1 Å². The number of nitrogens with two attached hydrogens (primary N) is 1. The van der Waals surface area contributed by atoms with Crippen molar-refractivity contribution in [3.8, 4) is 11.5 Å². The Morgan fingerprint density at radius 2 is 1.40 bits per heavy atom. The molecule has 9 nitrogen and oxygen atoms in total. The number of para-hydroxylation sites is 1. The number of amides is 2. The number of aromatic carboxylic acids is 2. The van der Waals surface area contributed by atoms with Gasteiger partial charge in [-0.25, -0.2) is 9.59 Å². The molecule has 2 amide bonds. The zero-order valence-electron chi connectivity index (χ0n) is 22.5. The van der Waals surface area contributed by atoms with E-state index in [0.717, 1.165) is 41.7 Å². The summed E-state index contributed by atoms with van der Waals surface area (Å²) in [6, 6.07) is 25.6. The SMILES string of the molecule is NC(=O)c1cc(C(=O)O)c(C(=O)N(Cc2cccc(Oc3ccccc3)c2)[C@H]2CCCc3ccccc32)cc1C(=O)O. The molecule has 0 saturated heterocycles. The first-order valence-corrected chi connectivity index (χ1v) is 13.4. The fraction of sp³-hybridized carbons (Fsp3) is 0.152. The highest BCUT2D eigenvalue weighted by atomic mass is 16.5. The molecule has 5 rings (SSSR count). The quantitative estimate of drug-likeness (QED) is 0.236. The molecule has 0 unspecified atom stereocenters. The molecule has 0 bridgehead atoms. The van der Waals surface area contributed by atoms with Gasteiger partial charge in [0.2, 0.25) is 5.91 Å². The summed E-state index contributed by atoms with van der Waals surface area (Å²) < 4.78 is 5.99. The van der Waals surface area contributed by atoms with Crippen LogP contribution in [0.25, 0.3) is 0 Å². The number of aryl methyl sites for hydroxylation is 1. The van der Waals surface area contributed by atoms with E-state index in [1.165, 1.54) is 0 Å². The fourth-order valence-electron chi connectivity index (χ4n) is 5.39. The van der Waals surface area contributed by atoms with Gasteiger partial charge in [-0.3, -0.25) is 9.59 Å². The monoisotopic (exact) mass is 564 g/mol. The number of benzene rings is 4. The van der Waals surface area contributed by atoms with Crippen molar-refractivity contribution in [2.24, 2.45) is 5.73 Å². The predicted molar refractivity (Wildman–Crippen MR) is 154 cm³/mol. The standard InChI is InChI=1S/C33H28N2O7/c34-30(36)25-17-28(33(40)41)26(18-27(25)32(38)39)31(37)35(29-15-7-10-21-9-4-5-14-24(21)29)19-20-8-6-13-23(16-20)42-22-11-2-1-3-12-22/h1-6,8-9,11-14,16-18,29H,7,10,15,19H2,(H2,34,36)(H,38,39)(H,40,41)/t29-/m0/s1. The maximum atomic E-state index is 14.3. The van der Waals surface area contributed by atoms with Crippen molar-refractivity contribution >= 4 is 23.8 Å². The third kappa shape index (κ3) is 5.85. The second kappa shape index (κ2) is 12.0. The van der Waals surface area contributed by atoms with Crippen LogP contribution in [-0.4, -0.2) is 38.9 Å². The summed E-state index contributed by atoms with van der Waals surface area (Å²) in [5.41, 5.74) is 6.22. The number of fused-ring (bicyclic) bond motifs is 1. The van der Waals surface area contributed by atoms with Crippen LogP contribution < -0.4 is 10.5 Å². The molecule has 4 N–H and O–H groups in total. The first-order valence-electron chi connectivity index (χ1n) is 13.4. The molecule has 42 heavy (non-hydrogen) atoms. The molecule has 4 aromatic carbocycles. The Bertz CT molecular complexity index is 1680. The molecular formula is C33H28N2O7. The molecule has 4 aromatic rings. The highest BCUT2D eigenvalue weighted by molar-refractivity contribution is 6.11. The van der Waals surface area contributed by atoms with Crippen LogP contribution in [0.1, 0.15) is 77.0 Å². The Kier molecular flexibility index (Phi) is 8.01. The van der Waals surface area contributed by atoms with Gasteiger partial charge in [0.25, 0.3) is 5.91 Å². The maximum Gasteiger partial charge on any atom is 0.336 e. The van der Waals surface area contributed by atoms with E-state index in [0.29, 0.717) is 17.9 Å². The number of primary amides is 1. The third-order valence-corrected chi connectivity index (χ3v) is 7.32. The zero-order valence-corrected chi connectivity index (χ0v) is 22.5. The summed E-state index contributed by atoms with van der Waals surface area (Å²) in [7, 11) is 0. The summed E-state index contributed by atoms with van der Waals surface area (Å²) in [6.45, 7) is 0.0862. The molecule has 1 atom stereocenters. The molecular weight excluding hydrogens is 536 g/mol. The van der Waals surface area contributed by atoms with Gasteiger partial charge in [0, 0.05) is 6.54 Å². The van der Waals surface area contributed by atoms with E-state index >= 15 is 0 Å². The van der Waals surface area contributed by atoms with Gasteiger partial charge < -0.3 is 25.6 Å². The smallest absolute Gasteiger partial charge is 0.336 e. The average Bonchev–Trinajstić information content (AvgIpc) is 2.99. The normalized spacial score (nSPS) is 14.0. The highest BCUT2D eigenvalue weighted by Crippen LogP contribution is 2.37. The second-order valence-corrected chi connectivity index (χ2v) is 10.0. The zero-order chi connectivity index (χ0) is 29.8. The van der Waals surface area contributed by atoms with Gasteiger partial charge in [0.05, 0.1) is 28.3 Å². The Morgan fingerprint density at radius 3 is 2.12 bits per heavy atom. The van der Waals surface area contributed by atoms with Crippen LogP contribution >= 0.6 is 0 Å². The Morgan fingerprint density at radius 1 is 0.762 bits per heavy atom. The summed E-state index contributed by atoms with van der Waals surface area (Å²) in [6.07, 6.45) is 2.26. The van der Waals surface area contributed by atoms with Crippen LogP contribution in [-0.2, 0) is 13.0 Å². The Labute approximate surface area is 241 Å². The number of nitrogens with zero attached hydrogens (tertiary/aromatic N) is 1. The average molecular weight is 565 g/mol. The minimum atomic E-state index is -1.50. The van der Waals surface area contributed by atoms with Gasteiger partial charge in [-0.15, -0.1) is 0 Å². The van der Waals surface area contributed by atoms with Crippen molar-refractivity contribution in [2.45, 2.75) is 31.8 Å². The van der Waals surface area contributed by atoms with Crippen LogP contribution in [0.3, 0.4) is 0 Å². The van der Waals surface area contributed by atoms with Crippen molar-refractivity contribution in [1.29, 1.82) is 0 Å². The van der Waals surface area contributed by atoms with E-state index < -0.39 is 46.5 Å². The van der Waals surface area contributed by atoms with Crippen molar-refractivity contribution in [3.05, 3.63) is 130 Å². The molecule has 0 heterocycles. The van der Waals surface area contributed by atoms with Gasteiger partial charge in [0.15, 0.2) is 0 Å². The van der Waals surface area contributed by atoms with Gasteiger partial charge >= 0.3 is 11.9 Å². The van der Waals surface area contributed by atoms with Crippen molar-refractivity contribution in [3.63, 3.8) is 0 Å². The third-order valence-electron chi connectivity index (χ3n) is 7.32. The van der Waals surface area contributed by atoms with Gasteiger partial charge in [-0.05, 0) is 72.4 Å². The molecule has 0 aromatic heterocycles. The van der Waals surface area contributed by atoms with Crippen molar-refractivity contribution < 1.29 is 34.1 Å². The summed E-state index contributed by atoms with van der Waals surface area (Å²) in [5, 5.41) is 19.7. The number of carboxylic acid groups (broad SMARTS) is 2. The van der Waals surface area contributed by atoms with Crippen LogP contribution in [0.4, 0.5) is 0 Å². The minimum absolute atomic E-state index is 0.0862. The lowest BCUT2D eigenvalue weighted by atomic mass is 9.86. The summed E-state index contributed by atoms with van der Waals surface area (Å²) in [5.74, 6) is -3.58. The number of rotatable bonds is 9. The number of carbonyl (C=O) groups is 4. The highest BCUT2D eigenvalue weighted by Gasteiger charge is 2.33. The van der Waals surface area contributed by atoms with E-state index in [1.807, 2.05) is 60.7 Å². The molecule has 9 heteroatoms. The van der Waals surface area contributed by atoms with Gasteiger partial charge in [-0.2, -0.15) is 0 Å². The topological polar surface area (TPSA) is 147 Å². The first kappa shape index (κ1) is 28.1. The Hall–Kier alpha value is -5.44. The number of ether oxygens (including phenoxy) is 1. The molecule has 0 fully saturated rings. The van der Waals surface area contributed by atoms with Crippen molar-refractivity contribution in [1.82, 2.24) is 4.90 Å². The lowest BCUT2D eigenvalue weighted by Crippen LogP contribution is -2.37. The molecule has 0 aliphatic heterocycles. The Balaban J connectivity index is 1.60. The summed E-state index contributed by atoms with van der Waals surface area (Å²) in [4.78, 5) is 52.1. The molecule has 1 aliphatic carbocycles.